The molecule has 1 amide bonds. The Hall–Kier alpha value is -1.14. The molecule has 86 valence electrons. The lowest BCUT2D eigenvalue weighted by molar-refractivity contribution is -0.117. The van der Waals surface area contributed by atoms with Gasteiger partial charge in [-0.2, -0.15) is 0 Å². The third-order valence-corrected chi connectivity index (χ3v) is 4.28. The zero-order chi connectivity index (χ0) is 11.8. The van der Waals surface area contributed by atoms with Gasteiger partial charge in [0.2, 0.25) is 15.0 Å². The molecule has 1 aliphatic heterocycles. The first-order chi connectivity index (χ1) is 7.48. The van der Waals surface area contributed by atoms with Gasteiger partial charge in [-0.3, -0.25) is 9.69 Å². The van der Waals surface area contributed by atoms with E-state index in [1.54, 1.807) is 24.4 Å². The molecule has 0 N–H and O–H groups in total. The molecule has 7 heteroatoms. The minimum atomic E-state index is -3.69. The number of nitrogens with zero attached hydrogens (tertiary/aromatic N) is 2. The van der Waals surface area contributed by atoms with E-state index >= 15 is 0 Å². The van der Waals surface area contributed by atoms with E-state index in [0.717, 1.165) is 0 Å². The van der Waals surface area contributed by atoms with Gasteiger partial charge in [-0.1, -0.05) is 6.07 Å². The first-order valence-corrected chi connectivity index (χ1v) is 7.00. The van der Waals surface area contributed by atoms with Gasteiger partial charge in [-0.05, 0) is 12.1 Å². The van der Waals surface area contributed by atoms with Gasteiger partial charge in [0.15, 0.2) is 0 Å². The van der Waals surface area contributed by atoms with E-state index < -0.39 is 14.3 Å². The number of hydrogen-bond acceptors (Lipinski definition) is 4. The normalized spacial score (nSPS) is 21.4. The van der Waals surface area contributed by atoms with Gasteiger partial charge < -0.3 is 0 Å². The lowest BCUT2D eigenvalue weighted by Gasteiger charge is -2.14. The van der Waals surface area contributed by atoms with E-state index in [4.69, 9.17) is 10.7 Å². The monoisotopic (exact) mass is 260 g/mol. The largest absolute Gasteiger partial charge is 0.295 e. The molecular formula is C9H9ClN2O3S. The number of carbonyl (C=O) groups is 1. The average Bonchev–Trinajstić information content (AvgIpc) is 2.61. The predicted octanol–water partition coefficient (Wildman–Crippen LogP) is 0.755. The molecule has 0 saturated carbocycles. The Kier molecular flexibility index (Phi) is 2.86. The maximum absolute atomic E-state index is 11.6. The molecule has 0 aromatic carbocycles. The summed E-state index contributed by atoms with van der Waals surface area (Å²) in [7, 11) is 1.54. The van der Waals surface area contributed by atoms with Crippen molar-refractivity contribution < 1.29 is 13.2 Å². The number of rotatable bonds is 2. The molecule has 1 atom stereocenters. The van der Waals surface area contributed by atoms with Gasteiger partial charge in [-0.15, -0.1) is 0 Å². The van der Waals surface area contributed by atoms with Gasteiger partial charge in [0.05, 0.1) is 0 Å². The Morgan fingerprint density at radius 1 is 1.44 bits per heavy atom. The van der Waals surface area contributed by atoms with Crippen LogP contribution in [0.3, 0.4) is 0 Å². The molecule has 1 aromatic rings. The molecule has 0 spiro atoms. The second kappa shape index (κ2) is 4.03. The highest BCUT2D eigenvalue weighted by atomic mass is 35.7. The molecule has 0 radical (unpaired) electrons. The van der Waals surface area contributed by atoms with E-state index in [-0.39, 0.29) is 18.9 Å². The number of aromatic nitrogens is 1. The van der Waals surface area contributed by atoms with Crippen molar-refractivity contribution in [2.24, 2.45) is 0 Å². The van der Waals surface area contributed by atoms with Gasteiger partial charge in [0.25, 0.3) is 0 Å². The van der Waals surface area contributed by atoms with Crippen molar-refractivity contribution in [3.63, 3.8) is 0 Å². The Bertz CT molecular complexity index is 503. The zero-order valence-corrected chi connectivity index (χ0v) is 9.78. The van der Waals surface area contributed by atoms with Crippen molar-refractivity contribution in [1.29, 1.82) is 0 Å². The third-order valence-electron chi connectivity index (χ3n) is 2.41. The number of amides is 1. The Morgan fingerprint density at radius 3 is 2.69 bits per heavy atom. The summed E-state index contributed by atoms with van der Waals surface area (Å²) < 4.78 is 22.2. The molecule has 5 nitrogen and oxygen atoms in total. The molecule has 1 aliphatic rings. The summed E-state index contributed by atoms with van der Waals surface area (Å²) in [5.41, 5.74) is 0. The number of pyridine rings is 1. The quantitative estimate of drug-likeness (QED) is 0.736. The summed E-state index contributed by atoms with van der Waals surface area (Å²) in [6, 6.07) is 5.11. The number of hydrogen-bond donors (Lipinski definition) is 0. The third kappa shape index (κ3) is 2.17. The second-order valence-electron chi connectivity index (χ2n) is 3.49. The van der Waals surface area contributed by atoms with E-state index in [2.05, 4.69) is 4.98 Å². The van der Waals surface area contributed by atoms with Crippen molar-refractivity contribution in [3.05, 3.63) is 24.4 Å². The minimum absolute atomic E-state index is 0.0711. The van der Waals surface area contributed by atoms with Gasteiger partial charge in [0.1, 0.15) is 11.1 Å². The van der Waals surface area contributed by atoms with Crippen molar-refractivity contribution in [3.8, 4) is 0 Å². The first-order valence-electron chi connectivity index (χ1n) is 4.63. The lowest BCUT2D eigenvalue weighted by Crippen LogP contribution is -2.27. The van der Waals surface area contributed by atoms with Crippen LogP contribution in [0.15, 0.2) is 24.4 Å². The van der Waals surface area contributed by atoms with Gasteiger partial charge in [0, 0.05) is 29.8 Å². The van der Waals surface area contributed by atoms with E-state index in [9.17, 15) is 13.2 Å². The fraction of sp³-hybridized carbons (Fsp3) is 0.333. The molecule has 0 bridgehead atoms. The second-order valence-corrected chi connectivity index (χ2v) is 6.40. The number of anilines is 1. The maximum atomic E-state index is 11.6. The van der Waals surface area contributed by atoms with Gasteiger partial charge in [-0.25, -0.2) is 13.4 Å². The number of halogens is 1. The van der Waals surface area contributed by atoms with Crippen molar-refractivity contribution in [2.75, 3.05) is 11.4 Å². The smallest absolute Gasteiger partial charge is 0.237 e. The minimum Gasteiger partial charge on any atom is -0.295 e. The zero-order valence-electron chi connectivity index (χ0n) is 8.21. The van der Waals surface area contributed by atoms with Crippen LogP contribution in [0.2, 0.25) is 0 Å². The Morgan fingerprint density at radius 2 is 2.19 bits per heavy atom. The topological polar surface area (TPSA) is 67.3 Å². The number of carbonyl (C=O) groups excluding carboxylic acids is 1. The average molecular weight is 261 g/mol. The van der Waals surface area contributed by atoms with Crippen molar-refractivity contribution >= 4 is 31.5 Å². The van der Waals surface area contributed by atoms with Crippen molar-refractivity contribution in [2.45, 2.75) is 11.7 Å². The SMILES string of the molecule is O=C1CC(S(=O)(=O)Cl)CN1c1ccccn1. The summed E-state index contributed by atoms with van der Waals surface area (Å²) in [5, 5.41) is -0.844. The summed E-state index contributed by atoms with van der Waals surface area (Å²) in [6.45, 7) is 0.0711. The van der Waals surface area contributed by atoms with Crippen LogP contribution in [0.5, 0.6) is 0 Å². The lowest BCUT2D eigenvalue weighted by atomic mass is 10.4. The van der Waals surface area contributed by atoms with E-state index in [0.29, 0.717) is 5.82 Å². The molecule has 2 rings (SSSR count). The van der Waals surface area contributed by atoms with E-state index in [1.807, 2.05) is 0 Å². The summed E-state index contributed by atoms with van der Waals surface area (Å²) >= 11 is 0. The summed E-state index contributed by atoms with van der Waals surface area (Å²) in [4.78, 5) is 16.9. The molecule has 16 heavy (non-hydrogen) atoms. The van der Waals surface area contributed by atoms with Crippen LogP contribution in [0, 0.1) is 0 Å². The molecule has 1 saturated heterocycles. The fourth-order valence-electron chi connectivity index (χ4n) is 1.60. The van der Waals surface area contributed by atoms with E-state index in [1.165, 1.54) is 4.90 Å². The summed E-state index contributed by atoms with van der Waals surface area (Å²) in [6.07, 6.45) is 1.47. The van der Waals surface area contributed by atoms with Crippen LogP contribution in [0.25, 0.3) is 0 Å². The highest BCUT2D eigenvalue weighted by Crippen LogP contribution is 2.24. The molecule has 2 heterocycles. The molecular weight excluding hydrogens is 252 g/mol. The first kappa shape index (κ1) is 11.3. The summed E-state index contributed by atoms with van der Waals surface area (Å²) in [5.74, 6) is 0.184. The highest BCUT2D eigenvalue weighted by Gasteiger charge is 2.38. The van der Waals surface area contributed by atoms with Crippen LogP contribution in [0.4, 0.5) is 5.82 Å². The maximum Gasteiger partial charge on any atom is 0.237 e. The van der Waals surface area contributed by atoms with Gasteiger partial charge >= 0.3 is 0 Å². The molecule has 1 unspecified atom stereocenters. The standard InChI is InChI=1S/C9H9ClN2O3S/c10-16(14,15)7-5-9(13)12(6-7)8-3-1-2-4-11-8/h1-4,7H,5-6H2. The van der Waals surface area contributed by atoms with Crippen LogP contribution < -0.4 is 4.90 Å². The molecule has 1 fully saturated rings. The highest BCUT2D eigenvalue weighted by molar-refractivity contribution is 8.14. The molecule has 0 aliphatic carbocycles. The van der Waals surface area contributed by atoms with Crippen LogP contribution >= 0.6 is 10.7 Å². The van der Waals surface area contributed by atoms with Crippen LogP contribution in [0.1, 0.15) is 6.42 Å². The predicted molar refractivity (Wildman–Crippen MR) is 59.8 cm³/mol. The fourth-order valence-corrected chi connectivity index (χ4v) is 2.63. The Balaban J connectivity index is 2.25. The van der Waals surface area contributed by atoms with Crippen LogP contribution in [-0.2, 0) is 13.8 Å². The van der Waals surface area contributed by atoms with Crippen molar-refractivity contribution in [1.82, 2.24) is 4.98 Å². The molecule has 1 aromatic heterocycles. The Labute approximate surface area is 97.5 Å². The van der Waals surface area contributed by atoms with Crippen LogP contribution in [-0.4, -0.2) is 31.1 Å².